The summed E-state index contributed by atoms with van der Waals surface area (Å²) < 4.78 is 38.3. The van der Waals surface area contributed by atoms with Gasteiger partial charge in [0.05, 0.1) is 32.2 Å². The maximum Gasteiger partial charge on any atom is 0.142 e. The lowest BCUT2D eigenvalue weighted by atomic mass is 10.2. The first kappa shape index (κ1) is 14.0. The van der Waals surface area contributed by atoms with Crippen molar-refractivity contribution in [2.45, 2.75) is 10.6 Å². The number of hydrogen-bond acceptors (Lipinski definition) is 2. The molecule has 2 aromatic rings. The van der Waals surface area contributed by atoms with Crippen LogP contribution >= 0.6 is 11.6 Å². The summed E-state index contributed by atoms with van der Waals surface area (Å²) in [6.07, 6.45) is 0. The van der Waals surface area contributed by atoms with E-state index in [9.17, 15) is 13.0 Å². The van der Waals surface area contributed by atoms with Crippen LogP contribution in [-0.4, -0.2) is 4.21 Å². The van der Waals surface area contributed by atoms with Gasteiger partial charge in [-0.25, -0.2) is 8.78 Å². The Kier molecular flexibility index (Phi) is 4.17. The lowest BCUT2D eigenvalue weighted by Gasteiger charge is -2.07. The van der Waals surface area contributed by atoms with Gasteiger partial charge >= 0.3 is 0 Å². The van der Waals surface area contributed by atoms with E-state index in [4.69, 9.17) is 17.3 Å². The number of nitrogen functional groups attached to an aromatic ring is 1. The van der Waals surface area contributed by atoms with Crippen molar-refractivity contribution < 1.29 is 13.0 Å². The van der Waals surface area contributed by atoms with Gasteiger partial charge in [-0.2, -0.15) is 0 Å². The fourth-order valence-corrected chi connectivity index (χ4v) is 3.10. The van der Waals surface area contributed by atoms with Crippen LogP contribution in [0.25, 0.3) is 0 Å². The molecule has 0 aliphatic carbocycles. The van der Waals surface area contributed by atoms with Crippen LogP contribution in [0.4, 0.5) is 14.5 Å². The molecule has 2 N–H and O–H groups in total. The molecule has 0 heterocycles. The van der Waals surface area contributed by atoms with Gasteiger partial charge < -0.3 is 5.73 Å². The van der Waals surface area contributed by atoms with Crippen LogP contribution < -0.4 is 5.73 Å². The van der Waals surface area contributed by atoms with E-state index in [0.717, 1.165) is 6.07 Å². The zero-order valence-corrected chi connectivity index (χ0v) is 11.3. The minimum absolute atomic E-state index is 0.0203. The Balaban J connectivity index is 2.28. The Bertz CT molecular complexity index is 649. The molecule has 19 heavy (non-hydrogen) atoms. The summed E-state index contributed by atoms with van der Waals surface area (Å²) in [5.74, 6) is -1.04. The number of rotatable bonds is 3. The third-order valence-electron chi connectivity index (χ3n) is 2.54. The normalized spacial score (nSPS) is 12.4. The van der Waals surface area contributed by atoms with Gasteiger partial charge in [0, 0.05) is 0 Å². The fourth-order valence-electron chi connectivity index (χ4n) is 1.61. The Hall–Kier alpha value is -1.46. The van der Waals surface area contributed by atoms with E-state index in [1.807, 2.05) is 0 Å². The zero-order valence-electron chi connectivity index (χ0n) is 9.70. The second kappa shape index (κ2) is 5.67. The first-order valence-electron chi connectivity index (χ1n) is 5.35. The molecule has 0 saturated heterocycles. The van der Waals surface area contributed by atoms with Gasteiger partial charge in [-0.3, -0.25) is 4.21 Å². The van der Waals surface area contributed by atoms with Gasteiger partial charge in [0.1, 0.15) is 11.6 Å². The third kappa shape index (κ3) is 3.11. The predicted molar refractivity (Wildman–Crippen MR) is 72.3 cm³/mol. The molecule has 0 bridgehead atoms. The van der Waals surface area contributed by atoms with Gasteiger partial charge in [-0.05, 0) is 29.8 Å². The van der Waals surface area contributed by atoms with E-state index in [1.165, 1.54) is 24.3 Å². The van der Waals surface area contributed by atoms with Crippen LogP contribution in [0.5, 0.6) is 0 Å². The zero-order chi connectivity index (χ0) is 14.0. The van der Waals surface area contributed by atoms with Gasteiger partial charge in [-0.1, -0.05) is 23.7 Å². The van der Waals surface area contributed by atoms with Crippen LogP contribution in [0.15, 0.2) is 41.3 Å². The molecule has 0 saturated carbocycles. The minimum Gasteiger partial charge on any atom is -0.398 e. The quantitative estimate of drug-likeness (QED) is 0.882. The number of benzene rings is 2. The monoisotopic (exact) mass is 301 g/mol. The van der Waals surface area contributed by atoms with Crippen molar-refractivity contribution in [1.29, 1.82) is 0 Å². The van der Waals surface area contributed by atoms with Crippen LogP contribution in [0, 0.1) is 11.6 Å². The SMILES string of the molecule is Nc1cc(F)ccc1S(=O)Cc1cccc(F)c1Cl. The number of hydrogen-bond donors (Lipinski definition) is 1. The maximum atomic E-state index is 13.3. The topological polar surface area (TPSA) is 43.1 Å². The second-order valence-corrected chi connectivity index (χ2v) is 5.68. The molecule has 0 aliphatic rings. The van der Waals surface area contributed by atoms with Crippen LogP contribution in [0.3, 0.4) is 0 Å². The van der Waals surface area contributed by atoms with E-state index in [0.29, 0.717) is 10.5 Å². The molecule has 0 fully saturated rings. The van der Waals surface area contributed by atoms with E-state index < -0.39 is 22.4 Å². The molecular weight excluding hydrogens is 292 g/mol. The molecule has 1 unspecified atom stereocenters. The smallest absolute Gasteiger partial charge is 0.142 e. The molecule has 0 aromatic heterocycles. The number of nitrogens with two attached hydrogens (primary N) is 1. The molecule has 2 rings (SSSR count). The Morgan fingerprint density at radius 1 is 1.21 bits per heavy atom. The minimum atomic E-state index is -1.52. The average Bonchev–Trinajstić information content (AvgIpc) is 2.34. The first-order chi connectivity index (χ1) is 8.99. The molecule has 6 heteroatoms. The number of anilines is 1. The molecule has 0 radical (unpaired) electrons. The highest BCUT2D eigenvalue weighted by Crippen LogP contribution is 2.25. The van der Waals surface area contributed by atoms with Crippen molar-refractivity contribution in [1.82, 2.24) is 0 Å². The summed E-state index contributed by atoms with van der Waals surface area (Å²) >= 11 is 5.79. The standard InChI is InChI=1S/C13H10ClF2NOS/c14-13-8(2-1-3-10(13)16)7-19(18)12-5-4-9(15)6-11(12)17/h1-6H,7,17H2. The molecule has 0 amide bonds. The molecule has 0 spiro atoms. The summed E-state index contributed by atoms with van der Waals surface area (Å²) in [4.78, 5) is 0.307. The Morgan fingerprint density at radius 2 is 1.95 bits per heavy atom. The van der Waals surface area contributed by atoms with Crippen molar-refractivity contribution in [3.63, 3.8) is 0 Å². The van der Waals surface area contributed by atoms with Crippen molar-refractivity contribution in [2.75, 3.05) is 5.73 Å². The highest BCUT2D eigenvalue weighted by molar-refractivity contribution is 7.84. The summed E-state index contributed by atoms with van der Waals surface area (Å²) in [5.41, 5.74) is 6.13. The fraction of sp³-hybridized carbons (Fsp3) is 0.0769. The molecule has 1 atom stereocenters. The van der Waals surface area contributed by atoms with Crippen LogP contribution in [0.2, 0.25) is 5.02 Å². The van der Waals surface area contributed by atoms with Gasteiger partial charge in [0.2, 0.25) is 0 Å². The first-order valence-corrected chi connectivity index (χ1v) is 7.05. The second-order valence-electron chi connectivity index (χ2n) is 3.88. The third-order valence-corrected chi connectivity index (χ3v) is 4.39. The lowest BCUT2D eigenvalue weighted by molar-refractivity contribution is 0.626. The Labute approximate surface area is 116 Å². The molecule has 2 aromatic carbocycles. The van der Waals surface area contributed by atoms with E-state index in [-0.39, 0.29) is 16.5 Å². The van der Waals surface area contributed by atoms with Gasteiger partial charge in [0.15, 0.2) is 0 Å². The average molecular weight is 302 g/mol. The summed E-state index contributed by atoms with van der Waals surface area (Å²) in [5, 5.41) is -0.0588. The van der Waals surface area contributed by atoms with Crippen LogP contribution in [0.1, 0.15) is 5.56 Å². The molecule has 100 valence electrons. The van der Waals surface area contributed by atoms with E-state index in [1.54, 1.807) is 6.07 Å². The van der Waals surface area contributed by atoms with E-state index in [2.05, 4.69) is 0 Å². The summed E-state index contributed by atoms with van der Waals surface area (Å²) in [6.45, 7) is 0. The molecule has 2 nitrogen and oxygen atoms in total. The van der Waals surface area contributed by atoms with Crippen LogP contribution in [-0.2, 0) is 16.6 Å². The van der Waals surface area contributed by atoms with Crippen molar-refractivity contribution in [3.05, 3.63) is 58.6 Å². The predicted octanol–water partition coefficient (Wildman–Crippen LogP) is 3.51. The van der Waals surface area contributed by atoms with Crippen molar-refractivity contribution >= 4 is 28.1 Å². The van der Waals surface area contributed by atoms with E-state index >= 15 is 0 Å². The maximum absolute atomic E-state index is 13.3. The molecular formula is C13H10ClF2NOS. The largest absolute Gasteiger partial charge is 0.398 e. The molecule has 0 aliphatic heterocycles. The van der Waals surface area contributed by atoms with Gasteiger partial charge in [-0.15, -0.1) is 0 Å². The Morgan fingerprint density at radius 3 is 2.63 bits per heavy atom. The highest BCUT2D eigenvalue weighted by atomic mass is 35.5. The lowest BCUT2D eigenvalue weighted by Crippen LogP contribution is -2.02. The summed E-state index contributed by atoms with van der Waals surface area (Å²) in [6, 6.07) is 7.93. The van der Waals surface area contributed by atoms with Gasteiger partial charge in [0.25, 0.3) is 0 Å². The van der Waals surface area contributed by atoms with Crippen molar-refractivity contribution in [3.8, 4) is 0 Å². The van der Waals surface area contributed by atoms with Crippen molar-refractivity contribution in [2.24, 2.45) is 0 Å². The number of halogens is 3. The highest BCUT2D eigenvalue weighted by Gasteiger charge is 2.13. The summed E-state index contributed by atoms with van der Waals surface area (Å²) in [7, 11) is -1.52.